The number of amides is 1. The number of rotatable bonds is 2. The van der Waals surface area contributed by atoms with Crippen molar-refractivity contribution in [3.8, 4) is 5.75 Å². The van der Waals surface area contributed by atoms with Crippen LogP contribution in [0.1, 0.15) is 17.5 Å². The smallest absolute Gasteiger partial charge is 0.244 e. The molecule has 1 heterocycles. The van der Waals surface area contributed by atoms with Gasteiger partial charge in [-0.3, -0.25) is 4.79 Å². The Morgan fingerprint density at radius 3 is 2.54 bits per heavy atom. The number of phenols is 1. The summed E-state index contributed by atoms with van der Waals surface area (Å²) >= 11 is 0. The van der Waals surface area contributed by atoms with Gasteiger partial charge in [0.05, 0.1) is 6.10 Å². The highest BCUT2D eigenvalue weighted by molar-refractivity contribution is 6.11. The van der Waals surface area contributed by atoms with Crippen LogP contribution < -0.4 is 5.32 Å². The minimum Gasteiger partial charge on any atom is -0.508 e. The van der Waals surface area contributed by atoms with Crippen LogP contribution in [0.3, 0.4) is 0 Å². The molecule has 2 unspecified atom stereocenters. The number of hydrogen-bond donors (Lipinski definition) is 3. The average Bonchev–Trinajstić information content (AvgIpc) is 2.89. The summed E-state index contributed by atoms with van der Waals surface area (Å²) in [5, 5.41) is 22.4. The van der Waals surface area contributed by atoms with Gasteiger partial charge in [0, 0.05) is 11.3 Å². The zero-order valence-electron chi connectivity index (χ0n) is 12.9. The molecule has 1 aliphatic carbocycles. The van der Waals surface area contributed by atoms with Gasteiger partial charge in [0.25, 0.3) is 0 Å². The lowest BCUT2D eigenvalue weighted by molar-refractivity contribution is -0.118. The largest absolute Gasteiger partial charge is 0.508 e. The number of aliphatic hydroxyl groups is 1. The predicted octanol–water partition coefficient (Wildman–Crippen LogP) is 2.88. The number of benzene rings is 2. The van der Waals surface area contributed by atoms with Gasteiger partial charge in [0.2, 0.25) is 5.91 Å². The molecule has 0 saturated heterocycles. The first kappa shape index (κ1) is 14.7. The molecule has 4 nitrogen and oxygen atoms in total. The van der Waals surface area contributed by atoms with Crippen molar-refractivity contribution >= 4 is 11.6 Å². The molecule has 2 aromatic carbocycles. The number of carbonyl (C=O) groups is 1. The summed E-state index contributed by atoms with van der Waals surface area (Å²) in [6, 6.07) is 14.4. The van der Waals surface area contributed by atoms with Crippen LogP contribution in [0.2, 0.25) is 0 Å². The summed E-state index contributed by atoms with van der Waals surface area (Å²) < 4.78 is 0. The zero-order chi connectivity index (χ0) is 16.7. The topological polar surface area (TPSA) is 69.6 Å². The first-order valence-corrected chi connectivity index (χ1v) is 7.90. The third-order valence-corrected chi connectivity index (χ3v) is 4.73. The Kier molecular flexibility index (Phi) is 3.28. The van der Waals surface area contributed by atoms with E-state index in [1.54, 1.807) is 30.3 Å². The molecule has 1 amide bonds. The molecule has 4 heteroatoms. The number of anilines is 1. The second kappa shape index (κ2) is 5.35. The first-order chi connectivity index (χ1) is 11.6. The molecule has 24 heavy (non-hydrogen) atoms. The predicted molar refractivity (Wildman–Crippen MR) is 91.8 cm³/mol. The van der Waals surface area contributed by atoms with Crippen LogP contribution in [0.4, 0.5) is 5.69 Å². The Hall–Kier alpha value is -2.85. The highest BCUT2D eigenvalue weighted by Crippen LogP contribution is 2.49. The standard InChI is InChI=1S/C20H17NO3/c22-15-9-5-13(6-10-15)20(14-7-11-16(23)12-8-14)17-3-1-2-4-18(17)21-19(20)24/h1-11,16,22-23H,12H2,(H,21,24). The quantitative estimate of drug-likeness (QED) is 0.797. The fraction of sp³-hybridized carbons (Fsp3) is 0.150. The molecule has 120 valence electrons. The Morgan fingerprint density at radius 2 is 1.83 bits per heavy atom. The molecular weight excluding hydrogens is 302 g/mol. The van der Waals surface area contributed by atoms with Gasteiger partial charge in [-0.25, -0.2) is 0 Å². The third kappa shape index (κ3) is 2.00. The van der Waals surface area contributed by atoms with Crippen LogP contribution in [0, 0.1) is 0 Å². The van der Waals surface area contributed by atoms with E-state index in [0.717, 1.165) is 22.4 Å². The lowest BCUT2D eigenvalue weighted by Crippen LogP contribution is -2.38. The van der Waals surface area contributed by atoms with Crippen molar-refractivity contribution in [2.75, 3.05) is 5.32 Å². The van der Waals surface area contributed by atoms with Gasteiger partial charge in [0.1, 0.15) is 11.2 Å². The van der Waals surface area contributed by atoms with Crippen LogP contribution >= 0.6 is 0 Å². The Labute approximate surface area is 139 Å². The van der Waals surface area contributed by atoms with E-state index in [2.05, 4.69) is 5.32 Å². The normalized spacial score (nSPS) is 25.1. The van der Waals surface area contributed by atoms with Crippen LogP contribution in [0.15, 0.2) is 72.3 Å². The molecule has 0 fully saturated rings. The van der Waals surface area contributed by atoms with Gasteiger partial charge in [-0.05, 0) is 35.8 Å². The third-order valence-electron chi connectivity index (χ3n) is 4.73. The minimum atomic E-state index is -0.971. The molecule has 1 aliphatic heterocycles. The van der Waals surface area contributed by atoms with Crippen molar-refractivity contribution in [3.63, 3.8) is 0 Å². The maximum Gasteiger partial charge on any atom is 0.244 e. The average molecular weight is 319 g/mol. The summed E-state index contributed by atoms with van der Waals surface area (Å²) in [5.74, 6) is 0.0332. The summed E-state index contributed by atoms with van der Waals surface area (Å²) in [5.41, 5.74) is 2.32. The lowest BCUT2D eigenvalue weighted by atomic mass is 9.68. The first-order valence-electron chi connectivity index (χ1n) is 7.90. The molecule has 3 N–H and O–H groups in total. The van der Waals surface area contributed by atoms with Crippen molar-refractivity contribution in [1.82, 2.24) is 0 Å². The van der Waals surface area contributed by atoms with Crippen molar-refractivity contribution < 1.29 is 15.0 Å². The molecule has 0 radical (unpaired) electrons. The van der Waals surface area contributed by atoms with Crippen LogP contribution in [0.5, 0.6) is 5.75 Å². The van der Waals surface area contributed by atoms with Gasteiger partial charge < -0.3 is 15.5 Å². The SMILES string of the molecule is O=C1Nc2ccccc2C1(C1=CCC(O)C=C1)c1ccc(O)cc1. The molecule has 4 rings (SSSR count). The maximum absolute atomic E-state index is 13.1. The highest BCUT2D eigenvalue weighted by Gasteiger charge is 2.50. The van der Waals surface area contributed by atoms with E-state index < -0.39 is 11.5 Å². The number of para-hydroxylation sites is 1. The molecule has 0 saturated carbocycles. The van der Waals surface area contributed by atoms with Gasteiger partial charge >= 0.3 is 0 Å². The van der Waals surface area contributed by atoms with E-state index in [9.17, 15) is 15.0 Å². The highest BCUT2D eigenvalue weighted by atomic mass is 16.3. The monoisotopic (exact) mass is 319 g/mol. The van der Waals surface area contributed by atoms with Crippen molar-refractivity contribution in [3.05, 3.63) is 83.5 Å². The van der Waals surface area contributed by atoms with Crippen LogP contribution in [-0.2, 0) is 10.2 Å². The number of allylic oxidation sites excluding steroid dienone is 1. The van der Waals surface area contributed by atoms with E-state index in [0.29, 0.717) is 6.42 Å². The summed E-state index contributed by atoms with van der Waals surface area (Å²) in [6.07, 6.45) is 5.40. The number of nitrogens with one attached hydrogen (secondary N) is 1. The molecular formula is C20H17NO3. The minimum absolute atomic E-state index is 0.123. The Morgan fingerprint density at radius 1 is 1.08 bits per heavy atom. The molecule has 0 bridgehead atoms. The van der Waals surface area contributed by atoms with Crippen LogP contribution in [-0.4, -0.2) is 22.2 Å². The molecule has 0 aromatic heterocycles. The van der Waals surface area contributed by atoms with E-state index in [4.69, 9.17) is 0 Å². The van der Waals surface area contributed by atoms with Crippen molar-refractivity contribution in [2.45, 2.75) is 17.9 Å². The van der Waals surface area contributed by atoms with Crippen molar-refractivity contribution in [1.29, 1.82) is 0 Å². The second-order valence-corrected chi connectivity index (χ2v) is 6.12. The number of aliphatic hydroxyl groups excluding tert-OH is 1. The lowest BCUT2D eigenvalue weighted by Gasteiger charge is -2.31. The van der Waals surface area contributed by atoms with Gasteiger partial charge in [0.15, 0.2) is 0 Å². The number of hydrogen-bond acceptors (Lipinski definition) is 3. The summed E-state index contributed by atoms with van der Waals surface area (Å²) in [7, 11) is 0. The van der Waals surface area contributed by atoms with Gasteiger partial charge in [-0.2, -0.15) is 0 Å². The van der Waals surface area contributed by atoms with E-state index in [1.165, 1.54) is 0 Å². The summed E-state index contributed by atoms with van der Waals surface area (Å²) in [4.78, 5) is 13.1. The maximum atomic E-state index is 13.1. The molecule has 2 aliphatic rings. The van der Waals surface area contributed by atoms with Gasteiger partial charge in [-0.1, -0.05) is 48.6 Å². The van der Waals surface area contributed by atoms with E-state index in [1.807, 2.05) is 36.4 Å². The number of phenolic OH excluding ortho intramolecular Hbond substituents is 1. The Balaban J connectivity index is 1.99. The second-order valence-electron chi connectivity index (χ2n) is 6.12. The zero-order valence-corrected chi connectivity index (χ0v) is 12.9. The molecule has 2 atom stereocenters. The number of carbonyl (C=O) groups excluding carboxylic acids is 1. The summed E-state index contributed by atoms with van der Waals surface area (Å²) in [6.45, 7) is 0. The fourth-order valence-corrected chi connectivity index (χ4v) is 3.60. The molecule has 0 spiro atoms. The fourth-order valence-electron chi connectivity index (χ4n) is 3.60. The van der Waals surface area contributed by atoms with E-state index >= 15 is 0 Å². The molecule has 2 aromatic rings. The van der Waals surface area contributed by atoms with Gasteiger partial charge in [-0.15, -0.1) is 0 Å². The van der Waals surface area contributed by atoms with E-state index in [-0.39, 0.29) is 11.7 Å². The Bertz CT molecular complexity index is 867. The number of aromatic hydroxyl groups is 1. The van der Waals surface area contributed by atoms with Crippen molar-refractivity contribution in [2.24, 2.45) is 0 Å². The number of fused-ring (bicyclic) bond motifs is 1. The van der Waals surface area contributed by atoms with Crippen LogP contribution in [0.25, 0.3) is 0 Å².